The highest BCUT2D eigenvalue weighted by Crippen LogP contribution is 2.43. The molecule has 0 spiro atoms. The van der Waals surface area contributed by atoms with Crippen LogP contribution in [0.1, 0.15) is 101 Å². The molecule has 2 atom stereocenters. The minimum absolute atomic E-state index is 0.578. The van der Waals surface area contributed by atoms with Gasteiger partial charge in [-0.1, -0.05) is 59.8 Å². The minimum atomic E-state index is 0.578. The summed E-state index contributed by atoms with van der Waals surface area (Å²) in [6, 6.07) is 6.40. The molecule has 0 N–H and O–H groups in total. The zero-order chi connectivity index (χ0) is 17.6. The standard InChI is InChI=1S/C23H35N/c1-14(2)17-12-21(15(3)4)23(22(13-17)16(5)6)18-10-19-8-9-20(11-18)24(19)7/h10,12-16,19-20H,8-9,11H2,1-7H3. The highest BCUT2D eigenvalue weighted by molar-refractivity contribution is 5.74. The van der Waals surface area contributed by atoms with Gasteiger partial charge in [-0.15, -0.1) is 0 Å². The molecule has 132 valence electrons. The van der Waals surface area contributed by atoms with Crippen LogP contribution in [0.4, 0.5) is 0 Å². The zero-order valence-corrected chi connectivity index (χ0v) is 16.7. The van der Waals surface area contributed by atoms with Gasteiger partial charge in [0.1, 0.15) is 0 Å². The van der Waals surface area contributed by atoms with Crippen LogP contribution in [-0.2, 0) is 0 Å². The molecule has 0 amide bonds. The van der Waals surface area contributed by atoms with E-state index in [0.717, 1.165) is 6.04 Å². The third-order valence-electron chi connectivity index (χ3n) is 6.20. The van der Waals surface area contributed by atoms with Crippen molar-refractivity contribution in [2.45, 2.75) is 90.6 Å². The van der Waals surface area contributed by atoms with E-state index in [4.69, 9.17) is 0 Å². The van der Waals surface area contributed by atoms with Crippen LogP contribution < -0.4 is 0 Å². The van der Waals surface area contributed by atoms with Gasteiger partial charge < -0.3 is 0 Å². The monoisotopic (exact) mass is 325 g/mol. The first-order valence-electron chi connectivity index (χ1n) is 9.90. The average Bonchev–Trinajstić information content (AvgIpc) is 2.74. The number of nitrogens with zero attached hydrogens (tertiary/aromatic N) is 1. The number of likely N-dealkylation sites (N-methyl/N-ethyl adjacent to an activating group) is 1. The lowest BCUT2D eigenvalue weighted by Crippen LogP contribution is -2.34. The maximum Gasteiger partial charge on any atom is 0.0284 e. The molecule has 0 aliphatic carbocycles. The van der Waals surface area contributed by atoms with E-state index in [-0.39, 0.29) is 0 Å². The Hall–Kier alpha value is -1.08. The van der Waals surface area contributed by atoms with Crippen LogP contribution in [0.15, 0.2) is 18.2 Å². The van der Waals surface area contributed by atoms with E-state index in [9.17, 15) is 0 Å². The molecule has 1 aromatic carbocycles. The molecule has 2 bridgehead atoms. The van der Waals surface area contributed by atoms with Gasteiger partial charge in [0, 0.05) is 12.1 Å². The lowest BCUT2D eigenvalue weighted by Gasteiger charge is -2.33. The Morgan fingerprint density at radius 1 is 0.875 bits per heavy atom. The molecular weight excluding hydrogens is 290 g/mol. The van der Waals surface area contributed by atoms with E-state index in [1.807, 2.05) is 0 Å². The maximum atomic E-state index is 2.59. The molecule has 24 heavy (non-hydrogen) atoms. The molecule has 2 aliphatic rings. The second kappa shape index (κ2) is 6.67. The van der Waals surface area contributed by atoms with Gasteiger partial charge in [0.15, 0.2) is 0 Å². The molecule has 1 fully saturated rings. The normalized spacial score (nSPS) is 24.3. The summed E-state index contributed by atoms with van der Waals surface area (Å²) in [6.45, 7) is 14.1. The van der Waals surface area contributed by atoms with Crippen molar-refractivity contribution in [1.29, 1.82) is 0 Å². The third-order valence-corrected chi connectivity index (χ3v) is 6.20. The summed E-state index contributed by atoms with van der Waals surface area (Å²) < 4.78 is 0. The molecule has 0 aromatic heterocycles. The Kier molecular flexibility index (Phi) is 4.93. The van der Waals surface area contributed by atoms with Gasteiger partial charge in [0.25, 0.3) is 0 Å². The van der Waals surface area contributed by atoms with Gasteiger partial charge in [0.2, 0.25) is 0 Å². The van der Waals surface area contributed by atoms with Crippen LogP contribution in [0.2, 0.25) is 0 Å². The maximum absolute atomic E-state index is 2.59. The Balaban J connectivity index is 2.17. The van der Waals surface area contributed by atoms with E-state index in [1.165, 1.54) is 24.8 Å². The fourth-order valence-corrected chi connectivity index (χ4v) is 4.55. The molecule has 1 aromatic rings. The Morgan fingerprint density at radius 2 is 1.46 bits per heavy atom. The van der Waals surface area contributed by atoms with Crippen LogP contribution in [0, 0.1) is 0 Å². The van der Waals surface area contributed by atoms with E-state index in [2.05, 4.69) is 71.7 Å². The SMILES string of the molecule is CC(C)c1cc(C(C)C)c(C2=CC3CCC(C2)N3C)c(C(C)C)c1. The quantitative estimate of drug-likeness (QED) is 0.627. The van der Waals surface area contributed by atoms with Crippen molar-refractivity contribution in [1.82, 2.24) is 4.90 Å². The van der Waals surface area contributed by atoms with Gasteiger partial charge >= 0.3 is 0 Å². The van der Waals surface area contributed by atoms with Gasteiger partial charge in [-0.2, -0.15) is 0 Å². The highest BCUT2D eigenvalue weighted by atomic mass is 15.2. The predicted octanol–water partition coefficient (Wildman–Crippen LogP) is 6.31. The number of hydrogen-bond acceptors (Lipinski definition) is 1. The first kappa shape index (κ1) is 17.7. The first-order chi connectivity index (χ1) is 11.3. The largest absolute Gasteiger partial charge is 0.297 e. The van der Waals surface area contributed by atoms with Gasteiger partial charge in [-0.05, 0) is 71.9 Å². The molecule has 0 saturated carbocycles. The molecular formula is C23H35N. The van der Waals surface area contributed by atoms with Crippen molar-refractivity contribution in [3.05, 3.63) is 40.5 Å². The van der Waals surface area contributed by atoms with Gasteiger partial charge in [0.05, 0.1) is 0 Å². The second-order valence-electron chi connectivity index (χ2n) is 8.90. The minimum Gasteiger partial charge on any atom is -0.297 e. The van der Waals surface area contributed by atoms with Crippen LogP contribution in [-0.4, -0.2) is 24.0 Å². The van der Waals surface area contributed by atoms with Gasteiger partial charge in [-0.25, -0.2) is 0 Å². The molecule has 3 rings (SSSR count). The highest BCUT2D eigenvalue weighted by Gasteiger charge is 2.35. The fraction of sp³-hybridized carbons (Fsp3) is 0.652. The molecule has 2 heterocycles. The zero-order valence-electron chi connectivity index (χ0n) is 16.7. The Morgan fingerprint density at radius 3 is 1.92 bits per heavy atom. The fourth-order valence-electron chi connectivity index (χ4n) is 4.55. The summed E-state index contributed by atoms with van der Waals surface area (Å²) in [7, 11) is 2.31. The molecule has 1 nitrogen and oxygen atoms in total. The Labute approximate surface area is 149 Å². The van der Waals surface area contributed by atoms with Crippen LogP contribution in [0.3, 0.4) is 0 Å². The number of rotatable bonds is 4. The van der Waals surface area contributed by atoms with Crippen molar-refractivity contribution >= 4 is 5.57 Å². The summed E-state index contributed by atoms with van der Waals surface area (Å²) in [5.74, 6) is 1.75. The van der Waals surface area contributed by atoms with Gasteiger partial charge in [-0.3, -0.25) is 4.90 Å². The summed E-state index contributed by atoms with van der Waals surface area (Å²) >= 11 is 0. The van der Waals surface area contributed by atoms with Crippen LogP contribution in [0.5, 0.6) is 0 Å². The number of fused-ring (bicyclic) bond motifs is 2. The number of hydrogen-bond donors (Lipinski definition) is 0. The molecule has 1 heteroatoms. The predicted molar refractivity (Wildman–Crippen MR) is 106 cm³/mol. The summed E-state index contributed by atoms with van der Waals surface area (Å²) in [4.78, 5) is 2.59. The lowest BCUT2D eigenvalue weighted by atomic mass is 9.79. The topological polar surface area (TPSA) is 3.24 Å². The van der Waals surface area contributed by atoms with E-state index in [0.29, 0.717) is 23.8 Å². The van der Waals surface area contributed by atoms with Crippen molar-refractivity contribution < 1.29 is 0 Å². The molecule has 1 saturated heterocycles. The molecule has 2 aliphatic heterocycles. The average molecular weight is 326 g/mol. The van der Waals surface area contributed by atoms with Crippen LogP contribution >= 0.6 is 0 Å². The third kappa shape index (κ3) is 3.08. The van der Waals surface area contributed by atoms with E-state index in [1.54, 1.807) is 22.3 Å². The lowest BCUT2D eigenvalue weighted by molar-refractivity contribution is 0.264. The Bertz CT molecular complexity index is 606. The van der Waals surface area contributed by atoms with Crippen molar-refractivity contribution in [3.63, 3.8) is 0 Å². The number of benzene rings is 1. The second-order valence-corrected chi connectivity index (χ2v) is 8.90. The van der Waals surface area contributed by atoms with Crippen LogP contribution in [0.25, 0.3) is 5.57 Å². The van der Waals surface area contributed by atoms with E-state index < -0.39 is 0 Å². The molecule has 0 radical (unpaired) electrons. The van der Waals surface area contributed by atoms with Crippen molar-refractivity contribution in [2.75, 3.05) is 7.05 Å². The summed E-state index contributed by atoms with van der Waals surface area (Å²) in [6.07, 6.45) is 6.52. The smallest absolute Gasteiger partial charge is 0.0284 e. The molecule has 2 unspecified atom stereocenters. The summed E-state index contributed by atoms with van der Waals surface area (Å²) in [5, 5.41) is 0. The first-order valence-corrected chi connectivity index (χ1v) is 9.90. The van der Waals surface area contributed by atoms with Crippen molar-refractivity contribution in [3.8, 4) is 0 Å². The van der Waals surface area contributed by atoms with Crippen molar-refractivity contribution in [2.24, 2.45) is 0 Å². The van der Waals surface area contributed by atoms with E-state index >= 15 is 0 Å². The summed E-state index contributed by atoms with van der Waals surface area (Å²) in [5.41, 5.74) is 7.86.